The first-order valence-electron chi connectivity index (χ1n) is 0.416. The van der Waals surface area contributed by atoms with E-state index in [1.807, 2.05) is 0 Å². The summed E-state index contributed by atoms with van der Waals surface area (Å²) in [5, 5.41) is 0. The Bertz CT molecular complexity index is 27.0. The standard InChI is InChI=1S/Ir.2O.Re. The molecule has 0 bridgehead atoms. The summed E-state index contributed by atoms with van der Waals surface area (Å²) in [5.41, 5.74) is 0. The van der Waals surface area contributed by atoms with E-state index in [4.69, 9.17) is 0 Å². The quantitative estimate of drug-likeness (QED) is 0.598. The van der Waals surface area contributed by atoms with E-state index < -0.39 is 30.1 Å². The Labute approximate surface area is 37.2 Å². The molecule has 4 heteroatoms. The first-order chi connectivity index (χ1) is 1.91. The molecule has 0 saturated heterocycles. The van der Waals surface area contributed by atoms with Crippen LogP contribution in [0.1, 0.15) is 0 Å². The molecule has 0 N–H and O–H groups in total. The molecule has 0 rings (SSSR count). The molecular weight excluding hydrogens is 410 g/mol. The molecule has 4 heavy (non-hydrogen) atoms. The second kappa shape index (κ2) is 3.91. The molecule has 0 amide bonds. The zero-order valence-electron chi connectivity index (χ0n) is 1.53. The van der Waals surface area contributed by atoms with Crippen molar-refractivity contribution >= 4 is 0 Å². The second-order valence-corrected chi connectivity index (χ2v) is 6.89. The molecule has 2 nitrogen and oxygen atoms in total. The Balaban J connectivity index is 2.73. The molecule has 0 saturated carbocycles. The fraction of sp³-hybridized carbons (Fsp3) is 0. The molecule has 0 aliphatic heterocycles. The van der Waals surface area contributed by atoms with Crippen molar-refractivity contribution in [2.75, 3.05) is 0 Å². The SMILES string of the molecule is [O]=[Re][Ir]=[O]. The molecule has 0 radical (unpaired) electrons. The average molecular weight is 410 g/mol. The van der Waals surface area contributed by atoms with Gasteiger partial charge in [-0.3, -0.25) is 0 Å². The van der Waals surface area contributed by atoms with Gasteiger partial charge < -0.3 is 0 Å². The van der Waals surface area contributed by atoms with Crippen LogP contribution in [0.15, 0.2) is 0 Å². The minimum absolute atomic E-state index is 1.14. The Hall–Kier alpha value is 0.912. The number of rotatable bonds is 1. The topological polar surface area (TPSA) is 34.1 Å². The summed E-state index contributed by atoms with van der Waals surface area (Å²) in [5.74, 6) is 0. The molecule has 0 aromatic carbocycles. The van der Waals surface area contributed by atoms with Gasteiger partial charge in [0.05, 0.1) is 0 Å². The van der Waals surface area contributed by atoms with Crippen molar-refractivity contribution in [2.24, 2.45) is 0 Å². The maximum absolute atomic E-state index is 9.19. The van der Waals surface area contributed by atoms with Crippen molar-refractivity contribution in [1.82, 2.24) is 0 Å². The van der Waals surface area contributed by atoms with Crippen LogP contribution >= 0.6 is 0 Å². The molecule has 0 heterocycles. The molecule has 0 spiro atoms. The Morgan fingerprint density at radius 2 is 2.00 bits per heavy atom. The van der Waals surface area contributed by atoms with Gasteiger partial charge in [-0.2, -0.15) is 0 Å². The average Bonchev–Trinajstić information content (AvgIpc) is 1.37. The van der Waals surface area contributed by atoms with Crippen molar-refractivity contribution < 1.29 is 37.1 Å². The first-order valence-corrected chi connectivity index (χ1v) is 10.8. The molecule has 0 unspecified atom stereocenters. The Morgan fingerprint density at radius 3 is 2.00 bits per heavy atom. The molecule has 0 aliphatic carbocycles. The van der Waals surface area contributed by atoms with Crippen LogP contribution < -0.4 is 0 Å². The third-order valence-corrected chi connectivity index (χ3v) is 1.41. The molecule has 0 fully saturated rings. The normalized spacial score (nSPS) is 8.00. The monoisotopic (exact) mass is 412 g/mol. The molecule has 0 aromatic rings. The van der Waals surface area contributed by atoms with Crippen LogP contribution in [0.4, 0.5) is 0 Å². The third kappa shape index (κ3) is 2.91. The van der Waals surface area contributed by atoms with E-state index in [-0.39, 0.29) is 0 Å². The van der Waals surface area contributed by atoms with Gasteiger partial charge in [-0.1, -0.05) is 0 Å². The molecular formula is IrO2Re. The summed E-state index contributed by atoms with van der Waals surface area (Å²) >= 11 is -2.48. The van der Waals surface area contributed by atoms with Gasteiger partial charge in [-0.25, -0.2) is 0 Å². The summed E-state index contributed by atoms with van der Waals surface area (Å²) in [6, 6.07) is 0. The summed E-state index contributed by atoms with van der Waals surface area (Å²) in [4.78, 5) is 0. The third-order valence-electron chi connectivity index (χ3n) is 0.0210. The van der Waals surface area contributed by atoms with Gasteiger partial charge in [0.15, 0.2) is 0 Å². The van der Waals surface area contributed by atoms with Gasteiger partial charge in [0.25, 0.3) is 0 Å². The van der Waals surface area contributed by atoms with Crippen molar-refractivity contribution in [3.05, 3.63) is 0 Å². The summed E-state index contributed by atoms with van der Waals surface area (Å²) in [6.45, 7) is 0. The van der Waals surface area contributed by atoms with E-state index in [1.54, 1.807) is 0 Å². The van der Waals surface area contributed by atoms with E-state index in [2.05, 4.69) is 0 Å². The van der Waals surface area contributed by atoms with E-state index in [1.165, 1.54) is 0 Å². The van der Waals surface area contributed by atoms with Gasteiger partial charge in [0.1, 0.15) is 0 Å². The molecule has 0 aliphatic rings. The molecule has 0 atom stereocenters. The van der Waals surface area contributed by atoms with Crippen LogP contribution in [-0.4, -0.2) is 0 Å². The molecule has 28 valence electrons. The Morgan fingerprint density at radius 1 is 1.75 bits per heavy atom. The van der Waals surface area contributed by atoms with E-state index in [0.29, 0.717) is 0 Å². The van der Waals surface area contributed by atoms with Gasteiger partial charge in [-0.15, -0.1) is 0 Å². The number of hydrogen-bond donors (Lipinski definition) is 0. The summed E-state index contributed by atoms with van der Waals surface area (Å²) < 4.78 is 18.4. The van der Waals surface area contributed by atoms with Crippen LogP contribution in [0.2, 0.25) is 0 Å². The number of hydrogen-bond acceptors (Lipinski definition) is 2. The van der Waals surface area contributed by atoms with E-state index in [0.717, 1.165) is 0 Å². The van der Waals surface area contributed by atoms with Crippen molar-refractivity contribution in [3.8, 4) is 0 Å². The van der Waals surface area contributed by atoms with Crippen LogP contribution in [0.3, 0.4) is 0 Å². The summed E-state index contributed by atoms with van der Waals surface area (Å²) in [7, 11) is 0. The van der Waals surface area contributed by atoms with Gasteiger partial charge in [-0.05, 0) is 0 Å². The van der Waals surface area contributed by atoms with Gasteiger partial charge in [0, 0.05) is 0 Å². The van der Waals surface area contributed by atoms with Crippen molar-refractivity contribution in [1.29, 1.82) is 0 Å². The van der Waals surface area contributed by atoms with Crippen LogP contribution in [0, 0.1) is 0 Å². The van der Waals surface area contributed by atoms with Crippen LogP contribution in [0.25, 0.3) is 0 Å². The Kier molecular flexibility index (Phi) is 4.80. The fourth-order valence-corrected chi connectivity index (χ4v) is 0. The minimum atomic E-state index is -1.35. The second-order valence-electron chi connectivity index (χ2n) is 0.103. The first kappa shape index (κ1) is 4.91. The predicted molar refractivity (Wildman–Crippen MR) is 1.37 cm³/mol. The van der Waals surface area contributed by atoms with Crippen LogP contribution in [0.5, 0.6) is 0 Å². The summed E-state index contributed by atoms with van der Waals surface area (Å²) in [6.07, 6.45) is 0. The van der Waals surface area contributed by atoms with E-state index >= 15 is 0 Å². The fourth-order valence-electron chi connectivity index (χ4n) is 0. The van der Waals surface area contributed by atoms with Crippen molar-refractivity contribution in [3.63, 3.8) is 0 Å². The van der Waals surface area contributed by atoms with Gasteiger partial charge >= 0.3 is 37.1 Å². The van der Waals surface area contributed by atoms with Crippen LogP contribution in [-0.2, 0) is 37.1 Å². The van der Waals surface area contributed by atoms with Crippen molar-refractivity contribution in [2.45, 2.75) is 0 Å². The van der Waals surface area contributed by atoms with E-state index in [9.17, 15) is 6.97 Å². The predicted octanol–water partition coefficient (Wildman–Crippen LogP) is -0.243. The maximum atomic E-state index is 9.19. The van der Waals surface area contributed by atoms with Gasteiger partial charge in [0.2, 0.25) is 0 Å². The zero-order valence-corrected chi connectivity index (χ0v) is 6.64. The zero-order chi connectivity index (χ0) is 3.41. The molecule has 0 aromatic heterocycles.